The summed E-state index contributed by atoms with van der Waals surface area (Å²) < 4.78 is 29.1. The number of hydrogen-bond acceptors (Lipinski definition) is 4. The van der Waals surface area contributed by atoms with Crippen molar-refractivity contribution in [2.24, 2.45) is 0 Å². The minimum Gasteiger partial charge on any atom is -0.241 e. The fraction of sp³-hybridized carbons (Fsp3) is 0.188. The highest BCUT2D eigenvalue weighted by Gasteiger charge is 2.15. The molecule has 1 N–H and O–H groups in total. The fourth-order valence-electron chi connectivity index (χ4n) is 2.17. The minimum absolute atomic E-state index is 0.347. The third kappa shape index (κ3) is 3.87. The van der Waals surface area contributed by atoms with Crippen molar-refractivity contribution >= 4 is 21.4 Å². The molecule has 0 aliphatic rings. The molecule has 2 heterocycles. The lowest BCUT2D eigenvalue weighted by atomic mass is 10.2. The van der Waals surface area contributed by atoms with Crippen molar-refractivity contribution in [3.05, 3.63) is 65.3 Å². The summed E-state index contributed by atoms with van der Waals surface area (Å²) in [4.78, 5) is 0.981. The minimum atomic E-state index is -3.41. The molecule has 2 aromatic heterocycles. The van der Waals surface area contributed by atoms with Crippen molar-refractivity contribution in [1.29, 1.82) is 0 Å². The smallest absolute Gasteiger partial charge is 0.241 e. The second-order valence-electron chi connectivity index (χ2n) is 5.14. The first kappa shape index (κ1) is 15.9. The maximum absolute atomic E-state index is 12.1. The van der Waals surface area contributed by atoms with E-state index >= 15 is 0 Å². The molecule has 3 rings (SSSR count). The Morgan fingerprint density at radius 2 is 1.96 bits per heavy atom. The van der Waals surface area contributed by atoms with E-state index in [1.807, 2.05) is 49.5 Å². The van der Waals surface area contributed by atoms with Crippen LogP contribution in [0.25, 0.3) is 5.69 Å². The molecule has 1 aromatic carbocycles. The van der Waals surface area contributed by atoms with E-state index in [1.54, 1.807) is 16.9 Å². The Bertz CT molecular complexity index is 883. The molecular formula is C16H17N3O2S2. The molecule has 0 fully saturated rings. The summed E-state index contributed by atoms with van der Waals surface area (Å²) >= 11 is 1.28. The van der Waals surface area contributed by atoms with Gasteiger partial charge in [0.1, 0.15) is 4.21 Å². The van der Waals surface area contributed by atoms with Gasteiger partial charge in [-0.15, -0.1) is 11.3 Å². The standard InChI is InChI=1S/C16H17N3O2S2/c1-13-7-8-16(22-13)23(20,21)18-10-9-14-11-17-19(12-14)15-5-3-2-4-6-15/h2-8,11-12,18H,9-10H2,1H3. The summed E-state index contributed by atoms with van der Waals surface area (Å²) in [7, 11) is -3.41. The van der Waals surface area contributed by atoms with E-state index in [0.29, 0.717) is 17.2 Å². The Hall–Kier alpha value is -1.96. The average molecular weight is 347 g/mol. The lowest BCUT2D eigenvalue weighted by molar-refractivity contribution is 0.584. The summed E-state index contributed by atoms with van der Waals surface area (Å²) in [6.45, 7) is 2.24. The van der Waals surface area contributed by atoms with Crippen LogP contribution in [-0.2, 0) is 16.4 Å². The zero-order valence-electron chi connectivity index (χ0n) is 12.6. The van der Waals surface area contributed by atoms with Gasteiger partial charge in [0.2, 0.25) is 10.0 Å². The molecule has 0 aliphatic carbocycles. The van der Waals surface area contributed by atoms with Gasteiger partial charge in [-0.2, -0.15) is 5.10 Å². The van der Waals surface area contributed by atoms with Gasteiger partial charge in [0, 0.05) is 17.6 Å². The summed E-state index contributed by atoms with van der Waals surface area (Å²) in [6.07, 6.45) is 4.27. The van der Waals surface area contributed by atoms with E-state index in [2.05, 4.69) is 9.82 Å². The first-order valence-electron chi connectivity index (χ1n) is 7.20. The lowest BCUT2D eigenvalue weighted by Gasteiger charge is -2.03. The van der Waals surface area contributed by atoms with Crippen LogP contribution in [-0.4, -0.2) is 24.7 Å². The third-order valence-electron chi connectivity index (χ3n) is 3.34. The summed E-state index contributed by atoms with van der Waals surface area (Å²) in [5.74, 6) is 0. The van der Waals surface area contributed by atoms with Crippen LogP contribution in [0.5, 0.6) is 0 Å². The van der Waals surface area contributed by atoms with Gasteiger partial charge in [-0.1, -0.05) is 18.2 Å². The number of hydrogen-bond donors (Lipinski definition) is 1. The van der Waals surface area contributed by atoms with Crippen molar-refractivity contribution in [1.82, 2.24) is 14.5 Å². The van der Waals surface area contributed by atoms with Gasteiger partial charge in [-0.25, -0.2) is 17.8 Å². The van der Waals surface area contributed by atoms with Gasteiger partial charge in [-0.3, -0.25) is 0 Å². The van der Waals surface area contributed by atoms with Crippen molar-refractivity contribution in [3.63, 3.8) is 0 Å². The van der Waals surface area contributed by atoms with Crippen LogP contribution >= 0.6 is 11.3 Å². The first-order chi connectivity index (χ1) is 11.0. The Labute approximate surface area is 139 Å². The SMILES string of the molecule is Cc1ccc(S(=O)(=O)NCCc2cnn(-c3ccccc3)c2)s1. The number of benzene rings is 1. The Kier molecular flexibility index (Phi) is 4.61. The zero-order valence-corrected chi connectivity index (χ0v) is 14.3. The maximum atomic E-state index is 12.1. The summed E-state index contributed by atoms with van der Waals surface area (Å²) in [5.41, 5.74) is 1.97. The predicted molar refractivity (Wildman–Crippen MR) is 91.5 cm³/mol. The van der Waals surface area contributed by atoms with Crippen LogP contribution in [0.1, 0.15) is 10.4 Å². The number of rotatable bonds is 6. The molecule has 0 bridgehead atoms. The van der Waals surface area contributed by atoms with E-state index in [1.165, 1.54) is 11.3 Å². The molecule has 0 saturated carbocycles. The number of thiophene rings is 1. The van der Waals surface area contributed by atoms with Gasteiger partial charge >= 0.3 is 0 Å². The molecule has 0 unspecified atom stereocenters. The van der Waals surface area contributed by atoms with Crippen molar-refractivity contribution in [3.8, 4) is 5.69 Å². The topological polar surface area (TPSA) is 64.0 Å². The highest BCUT2D eigenvalue weighted by molar-refractivity contribution is 7.91. The first-order valence-corrected chi connectivity index (χ1v) is 9.50. The molecule has 0 aliphatic heterocycles. The molecule has 0 saturated heterocycles. The summed E-state index contributed by atoms with van der Waals surface area (Å²) in [6, 6.07) is 13.2. The highest BCUT2D eigenvalue weighted by atomic mass is 32.2. The molecular weight excluding hydrogens is 330 g/mol. The van der Waals surface area contributed by atoms with Crippen molar-refractivity contribution in [2.75, 3.05) is 6.54 Å². The highest BCUT2D eigenvalue weighted by Crippen LogP contribution is 2.20. The number of sulfonamides is 1. The molecule has 0 spiro atoms. The molecule has 0 radical (unpaired) electrons. The van der Waals surface area contributed by atoms with Crippen LogP contribution in [0.15, 0.2) is 59.1 Å². The molecule has 5 nitrogen and oxygen atoms in total. The second kappa shape index (κ2) is 6.66. The van der Waals surface area contributed by atoms with Crippen LogP contribution in [0.4, 0.5) is 0 Å². The average Bonchev–Trinajstić information content (AvgIpc) is 3.17. The molecule has 0 amide bonds. The van der Waals surface area contributed by atoms with E-state index in [9.17, 15) is 8.42 Å². The van der Waals surface area contributed by atoms with Crippen LogP contribution in [0, 0.1) is 6.92 Å². The monoisotopic (exact) mass is 347 g/mol. The number of aryl methyl sites for hydroxylation is 1. The number of nitrogens with zero attached hydrogens (tertiary/aromatic N) is 2. The lowest BCUT2D eigenvalue weighted by Crippen LogP contribution is -2.25. The molecule has 120 valence electrons. The number of aromatic nitrogens is 2. The normalized spacial score (nSPS) is 11.7. The van der Waals surface area contributed by atoms with Crippen LogP contribution < -0.4 is 4.72 Å². The third-order valence-corrected chi connectivity index (χ3v) is 6.30. The van der Waals surface area contributed by atoms with E-state index in [0.717, 1.165) is 16.1 Å². The van der Waals surface area contributed by atoms with Gasteiger partial charge < -0.3 is 0 Å². The van der Waals surface area contributed by atoms with E-state index < -0.39 is 10.0 Å². The molecule has 0 atom stereocenters. The largest absolute Gasteiger partial charge is 0.250 e. The molecule has 23 heavy (non-hydrogen) atoms. The Morgan fingerprint density at radius 1 is 1.17 bits per heavy atom. The fourth-order valence-corrected chi connectivity index (χ4v) is 4.53. The van der Waals surface area contributed by atoms with Crippen LogP contribution in [0.2, 0.25) is 0 Å². The maximum Gasteiger partial charge on any atom is 0.250 e. The van der Waals surface area contributed by atoms with E-state index in [-0.39, 0.29) is 0 Å². The van der Waals surface area contributed by atoms with Gasteiger partial charge in [0.05, 0.1) is 11.9 Å². The van der Waals surface area contributed by atoms with Crippen molar-refractivity contribution < 1.29 is 8.42 Å². The van der Waals surface area contributed by atoms with Crippen molar-refractivity contribution in [2.45, 2.75) is 17.6 Å². The second-order valence-corrected chi connectivity index (χ2v) is 8.42. The van der Waals surface area contributed by atoms with E-state index in [4.69, 9.17) is 0 Å². The Balaban J connectivity index is 1.60. The molecule has 7 heteroatoms. The van der Waals surface area contributed by atoms with Crippen LogP contribution in [0.3, 0.4) is 0 Å². The Morgan fingerprint density at radius 3 is 2.65 bits per heavy atom. The molecule has 3 aromatic rings. The number of nitrogens with one attached hydrogen (secondary N) is 1. The van der Waals surface area contributed by atoms with Gasteiger partial charge in [-0.05, 0) is 43.2 Å². The zero-order chi connectivity index (χ0) is 16.3. The van der Waals surface area contributed by atoms with Gasteiger partial charge in [0.15, 0.2) is 0 Å². The summed E-state index contributed by atoms with van der Waals surface area (Å²) in [5, 5.41) is 4.30. The quantitative estimate of drug-likeness (QED) is 0.746. The number of para-hydroxylation sites is 1. The van der Waals surface area contributed by atoms with Gasteiger partial charge in [0.25, 0.3) is 0 Å². The predicted octanol–water partition coefficient (Wildman–Crippen LogP) is 2.76.